The first-order valence-corrected chi connectivity index (χ1v) is 19.2. The summed E-state index contributed by atoms with van der Waals surface area (Å²) in [5, 5.41) is 0. The smallest absolute Gasteiger partial charge is 0.0443 e. The van der Waals surface area contributed by atoms with Crippen LogP contribution in [0.3, 0.4) is 0 Å². The lowest BCUT2D eigenvalue weighted by Gasteiger charge is -2.14. The number of hydrogen-bond donors (Lipinski definition) is 0. The highest BCUT2D eigenvalue weighted by Crippen LogP contribution is 2.21. The van der Waals surface area contributed by atoms with Gasteiger partial charge in [-0.1, -0.05) is 240 Å². The molecular formula is C39H80. The first-order valence-electron chi connectivity index (χ1n) is 19.2. The summed E-state index contributed by atoms with van der Waals surface area (Å²) in [6.45, 7) is 9.58. The van der Waals surface area contributed by atoms with Gasteiger partial charge in [0, 0.05) is 0 Å². The topological polar surface area (TPSA) is 0 Å². The highest BCUT2D eigenvalue weighted by Gasteiger charge is 2.05. The van der Waals surface area contributed by atoms with Crippen LogP contribution in [0.1, 0.15) is 240 Å². The predicted octanol–water partition coefficient (Wildman–Crippen LogP) is 15.2. The van der Waals surface area contributed by atoms with E-state index in [1.807, 2.05) is 0 Å². The Morgan fingerprint density at radius 1 is 0.231 bits per heavy atom. The van der Waals surface area contributed by atoms with Crippen LogP contribution in [0.5, 0.6) is 0 Å². The molecule has 0 nitrogen and oxygen atoms in total. The van der Waals surface area contributed by atoms with Crippen molar-refractivity contribution in [2.75, 3.05) is 0 Å². The second kappa shape index (κ2) is 34.2. The summed E-state index contributed by atoms with van der Waals surface area (Å²) >= 11 is 0. The summed E-state index contributed by atoms with van der Waals surface area (Å²) in [5.74, 6) is 1.91. The number of unbranched alkanes of at least 4 members (excludes halogenated alkanes) is 26. The molecule has 0 aromatic rings. The van der Waals surface area contributed by atoms with Crippen molar-refractivity contribution in [3.05, 3.63) is 0 Å². The van der Waals surface area contributed by atoms with E-state index in [-0.39, 0.29) is 0 Å². The molecule has 0 amide bonds. The van der Waals surface area contributed by atoms with Gasteiger partial charge in [-0.2, -0.15) is 0 Å². The Bertz CT molecular complexity index is 412. The maximum atomic E-state index is 2.50. The van der Waals surface area contributed by atoms with Gasteiger partial charge in [0.05, 0.1) is 0 Å². The molecule has 0 aromatic heterocycles. The molecule has 39 heavy (non-hydrogen) atoms. The Balaban J connectivity index is 3.13. The van der Waals surface area contributed by atoms with E-state index in [1.165, 1.54) is 212 Å². The predicted molar refractivity (Wildman–Crippen MR) is 182 cm³/mol. The zero-order chi connectivity index (χ0) is 28.5. The Morgan fingerprint density at radius 2 is 0.436 bits per heavy atom. The maximum absolute atomic E-state index is 2.50. The van der Waals surface area contributed by atoms with Crippen LogP contribution in [-0.2, 0) is 0 Å². The van der Waals surface area contributed by atoms with Gasteiger partial charge in [0.2, 0.25) is 0 Å². The molecule has 0 rings (SSSR count). The van der Waals surface area contributed by atoms with Gasteiger partial charge in [-0.15, -0.1) is 0 Å². The Kier molecular flexibility index (Phi) is 34.2. The molecule has 0 heterocycles. The summed E-state index contributed by atoms with van der Waals surface area (Å²) in [5.41, 5.74) is 0. The molecule has 0 aliphatic heterocycles. The van der Waals surface area contributed by atoms with Crippen molar-refractivity contribution in [3.8, 4) is 0 Å². The van der Waals surface area contributed by atoms with Gasteiger partial charge in [-0.05, 0) is 11.8 Å². The molecule has 2 atom stereocenters. The van der Waals surface area contributed by atoms with Crippen LogP contribution in [0.15, 0.2) is 0 Å². The maximum Gasteiger partial charge on any atom is -0.0443 e. The van der Waals surface area contributed by atoms with Crippen molar-refractivity contribution in [1.29, 1.82) is 0 Å². The molecule has 236 valence electrons. The fourth-order valence-electron chi connectivity index (χ4n) is 6.46. The molecular weight excluding hydrogens is 468 g/mol. The SMILES string of the molecule is CCCCCCCCCCCCCCCCCCCCCCCCCCCCC(C)CCCC(C)CCCC. The third-order valence-corrected chi connectivity index (χ3v) is 9.49. The van der Waals surface area contributed by atoms with Crippen molar-refractivity contribution in [3.63, 3.8) is 0 Å². The van der Waals surface area contributed by atoms with Crippen LogP contribution < -0.4 is 0 Å². The number of rotatable bonds is 34. The largest absolute Gasteiger partial charge is 0.0654 e. The van der Waals surface area contributed by atoms with E-state index >= 15 is 0 Å². The van der Waals surface area contributed by atoms with Gasteiger partial charge in [0.25, 0.3) is 0 Å². The third-order valence-electron chi connectivity index (χ3n) is 9.49. The lowest BCUT2D eigenvalue weighted by Crippen LogP contribution is -1.99. The first-order chi connectivity index (χ1) is 19.2. The third kappa shape index (κ3) is 34.1. The molecule has 0 aliphatic rings. The van der Waals surface area contributed by atoms with Crippen LogP contribution in [-0.4, -0.2) is 0 Å². The molecule has 0 saturated carbocycles. The summed E-state index contributed by atoms with van der Waals surface area (Å²) < 4.78 is 0. The summed E-state index contributed by atoms with van der Waals surface area (Å²) in [6, 6.07) is 0. The molecule has 0 radical (unpaired) electrons. The van der Waals surface area contributed by atoms with E-state index in [4.69, 9.17) is 0 Å². The summed E-state index contributed by atoms with van der Waals surface area (Å²) in [7, 11) is 0. The summed E-state index contributed by atoms with van der Waals surface area (Å²) in [4.78, 5) is 0. The van der Waals surface area contributed by atoms with Crippen LogP contribution in [0.25, 0.3) is 0 Å². The molecule has 0 heteroatoms. The zero-order valence-electron chi connectivity index (χ0n) is 28.5. The van der Waals surface area contributed by atoms with Crippen molar-refractivity contribution in [1.82, 2.24) is 0 Å². The Labute approximate surface area is 251 Å². The van der Waals surface area contributed by atoms with E-state index in [9.17, 15) is 0 Å². The highest BCUT2D eigenvalue weighted by atomic mass is 14.1. The highest BCUT2D eigenvalue weighted by molar-refractivity contribution is 4.59. The van der Waals surface area contributed by atoms with Crippen molar-refractivity contribution in [2.24, 2.45) is 11.8 Å². The molecule has 0 aromatic carbocycles. The minimum absolute atomic E-state index is 0.955. The molecule has 0 fully saturated rings. The van der Waals surface area contributed by atoms with Gasteiger partial charge >= 0.3 is 0 Å². The van der Waals surface area contributed by atoms with Crippen LogP contribution in [0, 0.1) is 11.8 Å². The average molecular weight is 549 g/mol. The molecule has 0 spiro atoms. The van der Waals surface area contributed by atoms with E-state index in [2.05, 4.69) is 27.7 Å². The fourth-order valence-corrected chi connectivity index (χ4v) is 6.46. The Morgan fingerprint density at radius 3 is 0.718 bits per heavy atom. The van der Waals surface area contributed by atoms with Crippen LogP contribution in [0.4, 0.5) is 0 Å². The van der Waals surface area contributed by atoms with Gasteiger partial charge in [-0.25, -0.2) is 0 Å². The van der Waals surface area contributed by atoms with Crippen molar-refractivity contribution >= 4 is 0 Å². The van der Waals surface area contributed by atoms with E-state index < -0.39 is 0 Å². The van der Waals surface area contributed by atoms with Gasteiger partial charge in [0.15, 0.2) is 0 Å². The van der Waals surface area contributed by atoms with E-state index in [0.717, 1.165) is 11.8 Å². The Hall–Kier alpha value is 0. The number of hydrogen-bond acceptors (Lipinski definition) is 0. The molecule has 0 aliphatic carbocycles. The zero-order valence-corrected chi connectivity index (χ0v) is 28.5. The normalized spacial score (nSPS) is 13.2. The lowest BCUT2D eigenvalue weighted by molar-refractivity contribution is 0.394. The minimum Gasteiger partial charge on any atom is -0.0654 e. The first kappa shape index (κ1) is 39.0. The average Bonchev–Trinajstić information content (AvgIpc) is 2.93. The summed E-state index contributed by atoms with van der Waals surface area (Å²) in [6.07, 6.45) is 48.7. The van der Waals surface area contributed by atoms with Crippen LogP contribution in [0.2, 0.25) is 0 Å². The van der Waals surface area contributed by atoms with Gasteiger partial charge < -0.3 is 0 Å². The van der Waals surface area contributed by atoms with Crippen molar-refractivity contribution < 1.29 is 0 Å². The lowest BCUT2D eigenvalue weighted by atomic mass is 9.92. The van der Waals surface area contributed by atoms with Crippen LogP contribution >= 0.6 is 0 Å². The fraction of sp³-hybridized carbons (Fsp3) is 1.00. The van der Waals surface area contributed by atoms with Gasteiger partial charge in [-0.3, -0.25) is 0 Å². The second-order valence-corrected chi connectivity index (χ2v) is 13.9. The van der Waals surface area contributed by atoms with E-state index in [0.29, 0.717) is 0 Å². The molecule has 0 bridgehead atoms. The van der Waals surface area contributed by atoms with Gasteiger partial charge in [0.1, 0.15) is 0 Å². The monoisotopic (exact) mass is 549 g/mol. The minimum atomic E-state index is 0.955. The van der Waals surface area contributed by atoms with E-state index in [1.54, 1.807) is 0 Å². The molecule has 0 saturated heterocycles. The second-order valence-electron chi connectivity index (χ2n) is 13.9. The van der Waals surface area contributed by atoms with Crippen molar-refractivity contribution in [2.45, 2.75) is 240 Å². The standard InChI is InChI=1S/C39H80/c1-5-7-9-10-11-12-13-14-15-16-17-18-19-20-21-22-23-24-25-26-27-28-29-30-31-32-35-39(4)37-33-36-38(3)34-8-6-2/h38-39H,5-37H2,1-4H3. The molecule has 0 N–H and O–H groups in total. The quantitative estimate of drug-likeness (QED) is 0.0701. The molecule has 2 unspecified atom stereocenters.